The lowest BCUT2D eigenvalue weighted by Crippen LogP contribution is -2.41. The summed E-state index contributed by atoms with van der Waals surface area (Å²) in [7, 11) is 1.82. The highest BCUT2D eigenvalue weighted by Gasteiger charge is 2.50. The van der Waals surface area contributed by atoms with Crippen LogP contribution in [-0.4, -0.2) is 43.9 Å². The first kappa shape index (κ1) is 10.1. The molecule has 0 amide bonds. The van der Waals surface area contributed by atoms with E-state index in [1.807, 2.05) is 25.4 Å². The van der Waals surface area contributed by atoms with Gasteiger partial charge in [-0.25, -0.2) is 4.98 Å². The predicted octanol–water partition coefficient (Wildman–Crippen LogP) is 0.506. The zero-order valence-corrected chi connectivity index (χ0v) is 9.52. The highest BCUT2D eigenvalue weighted by Crippen LogP contribution is 2.35. The average Bonchev–Trinajstić information content (AvgIpc) is 2.86. The number of hydrogen-bond acceptors (Lipinski definition) is 4. The van der Waals surface area contributed by atoms with Gasteiger partial charge < -0.3 is 15.0 Å². The maximum atomic E-state index is 5.74. The first-order valence-electron chi connectivity index (χ1n) is 5.76. The molecule has 16 heavy (non-hydrogen) atoms. The van der Waals surface area contributed by atoms with Crippen LogP contribution in [0.1, 0.15) is 0 Å². The minimum absolute atomic E-state index is 0.00246. The third kappa shape index (κ3) is 1.41. The SMILES string of the molecule is COC12CNCC1CN(c1ccccn1)C2. The molecule has 0 radical (unpaired) electrons. The molecular weight excluding hydrogens is 202 g/mol. The number of aromatic nitrogens is 1. The van der Waals surface area contributed by atoms with Gasteiger partial charge in [0.05, 0.1) is 6.54 Å². The number of nitrogens with one attached hydrogen (secondary N) is 1. The lowest BCUT2D eigenvalue weighted by atomic mass is 9.95. The fourth-order valence-corrected chi connectivity index (χ4v) is 2.88. The molecule has 0 aromatic carbocycles. The van der Waals surface area contributed by atoms with Crippen molar-refractivity contribution in [1.29, 1.82) is 0 Å². The van der Waals surface area contributed by atoms with E-state index in [4.69, 9.17) is 4.74 Å². The Morgan fingerprint density at radius 3 is 3.19 bits per heavy atom. The average molecular weight is 219 g/mol. The molecule has 2 saturated heterocycles. The van der Waals surface area contributed by atoms with Gasteiger partial charge in [-0.3, -0.25) is 0 Å². The molecule has 2 aliphatic rings. The zero-order valence-electron chi connectivity index (χ0n) is 9.52. The summed E-state index contributed by atoms with van der Waals surface area (Å²) < 4.78 is 5.74. The summed E-state index contributed by atoms with van der Waals surface area (Å²) in [6.07, 6.45) is 1.85. The number of nitrogens with zero attached hydrogens (tertiary/aromatic N) is 2. The maximum absolute atomic E-state index is 5.74. The van der Waals surface area contributed by atoms with E-state index in [-0.39, 0.29) is 5.60 Å². The molecule has 3 rings (SSSR count). The van der Waals surface area contributed by atoms with Crippen molar-refractivity contribution in [3.8, 4) is 0 Å². The summed E-state index contributed by atoms with van der Waals surface area (Å²) in [5.41, 5.74) is -0.00246. The molecule has 1 aromatic rings. The van der Waals surface area contributed by atoms with E-state index in [0.29, 0.717) is 5.92 Å². The molecule has 0 spiro atoms. The number of rotatable bonds is 2. The third-order valence-corrected chi connectivity index (χ3v) is 3.84. The summed E-state index contributed by atoms with van der Waals surface area (Å²) in [5.74, 6) is 1.65. The molecule has 86 valence electrons. The van der Waals surface area contributed by atoms with Crippen LogP contribution in [0.4, 0.5) is 5.82 Å². The molecule has 1 N–H and O–H groups in total. The largest absolute Gasteiger partial charge is 0.375 e. The van der Waals surface area contributed by atoms with Crippen molar-refractivity contribution in [1.82, 2.24) is 10.3 Å². The van der Waals surface area contributed by atoms with Crippen LogP contribution >= 0.6 is 0 Å². The first-order chi connectivity index (χ1) is 7.84. The standard InChI is InChI=1S/C12H17N3O/c1-16-12-8-13-6-10(12)7-15(9-12)11-4-2-3-5-14-11/h2-5,10,13H,6-9H2,1H3. The van der Waals surface area contributed by atoms with Gasteiger partial charge in [0.1, 0.15) is 11.4 Å². The van der Waals surface area contributed by atoms with Crippen LogP contribution in [0.2, 0.25) is 0 Å². The third-order valence-electron chi connectivity index (χ3n) is 3.84. The summed E-state index contributed by atoms with van der Waals surface area (Å²) in [6, 6.07) is 6.06. The Bertz CT molecular complexity index is 370. The molecule has 4 heteroatoms. The Balaban J connectivity index is 1.83. The second-order valence-corrected chi connectivity index (χ2v) is 4.67. The Labute approximate surface area is 95.6 Å². The molecule has 4 nitrogen and oxygen atoms in total. The number of fused-ring (bicyclic) bond motifs is 1. The fraction of sp³-hybridized carbons (Fsp3) is 0.583. The summed E-state index contributed by atoms with van der Waals surface area (Å²) in [5, 5.41) is 3.42. The lowest BCUT2D eigenvalue weighted by molar-refractivity contribution is 0.00151. The number of hydrogen-bond donors (Lipinski definition) is 1. The molecule has 3 heterocycles. The zero-order chi connectivity index (χ0) is 11.0. The minimum atomic E-state index is -0.00246. The normalized spacial score (nSPS) is 33.1. The Kier molecular flexibility index (Phi) is 2.33. The molecule has 0 saturated carbocycles. The van der Waals surface area contributed by atoms with Gasteiger partial charge in [-0.1, -0.05) is 6.07 Å². The monoisotopic (exact) mass is 219 g/mol. The molecule has 0 bridgehead atoms. The smallest absolute Gasteiger partial charge is 0.128 e. The van der Waals surface area contributed by atoms with Gasteiger partial charge in [0.25, 0.3) is 0 Å². The van der Waals surface area contributed by atoms with Gasteiger partial charge in [-0.05, 0) is 12.1 Å². The molecule has 2 aliphatic heterocycles. The van der Waals surface area contributed by atoms with Crippen molar-refractivity contribution < 1.29 is 4.74 Å². The van der Waals surface area contributed by atoms with Crippen molar-refractivity contribution >= 4 is 5.82 Å². The van der Waals surface area contributed by atoms with Crippen molar-refractivity contribution in [2.24, 2.45) is 5.92 Å². The number of ether oxygens (including phenoxy) is 1. The van der Waals surface area contributed by atoms with Gasteiger partial charge in [-0.2, -0.15) is 0 Å². The van der Waals surface area contributed by atoms with E-state index in [1.165, 1.54) is 0 Å². The lowest BCUT2D eigenvalue weighted by Gasteiger charge is -2.26. The van der Waals surface area contributed by atoms with E-state index >= 15 is 0 Å². The number of anilines is 1. The summed E-state index contributed by atoms with van der Waals surface area (Å²) >= 11 is 0. The van der Waals surface area contributed by atoms with Crippen LogP contribution in [0.3, 0.4) is 0 Å². The summed E-state index contributed by atoms with van der Waals surface area (Å²) in [6.45, 7) is 3.99. The van der Waals surface area contributed by atoms with Gasteiger partial charge in [0, 0.05) is 38.9 Å². The highest BCUT2D eigenvalue weighted by atomic mass is 16.5. The van der Waals surface area contributed by atoms with E-state index < -0.39 is 0 Å². The minimum Gasteiger partial charge on any atom is -0.375 e. The van der Waals surface area contributed by atoms with Crippen molar-refractivity contribution in [3.63, 3.8) is 0 Å². The summed E-state index contributed by atoms with van der Waals surface area (Å²) in [4.78, 5) is 6.73. The van der Waals surface area contributed by atoms with E-state index in [0.717, 1.165) is 32.0 Å². The van der Waals surface area contributed by atoms with E-state index in [1.54, 1.807) is 0 Å². The maximum Gasteiger partial charge on any atom is 0.128 e. The highest BCUT2D eigenvalue weighted by molar-refractivity contribution is 5.41. The Morgan fingerprint density at radius 1 is 1.56 bits per heavy atom. The van der Waals surface area contributed by atoms with Crippen LogP contribution in [0.15, 0.2) is 24.4 Å². The van der Waals surface area contributed by atoms with Crippen LogP contribution < -0.4 is 10.2 Å². The predicted molar refractivity (Wildman–Crippen MR) is 62.5 cm³/mol. The van der Waals surface area contributed by atoms with Gasteiger partial charge in [0.15, 0.2) is 0 Å². The van der Waals surface area contributed by atoms with Crippen LogP contribution in [0, 0.1) is 5.92 Å². The van der Waals surface area contributed by atoms with Crippen LogP contribution in [0.5, 0.6) is 0 Å². The molecule has 2 unspecified atom stereocenters. The molecule has 2 atom stereocenters. The molecular formula is C12H17N3O. The number of methoxy groups -OCH3 is 1. The van der Waals surface area contributed by atoms with Crippen molar-refractivity contribution in [3.05, 3.63) is 24.4 Å². The van der Waals surface area contributed by atoms with Gasteiger partial charge in [-0.15, -0.1) is 0 Å². The molecule has 2 fully saturated rings. The topological polar surface area (TPSA) is 37.4 Å². The fourth-order valence-electron chi connectivity index (χ4n) is 2.88. The Morgan fingerprint density at radius 2 is 2.50 bits per heavy atom. The second-order valence-electron chi connectivity index (χ2n) is 4.67. The number of pyridine rings is 1. The van der Waals surface area contributed by atoms with E-state index in [9.17, 15) is 0 Å². The van der Waals surface area contributed by atoms with Crippen LogP contribution in [0.25, 0.3) is 0 Å². The first-order valence-corrected chi connectivity index (χ1v) is 5.76. The van der Waals surface area contributed by atoms with E-state index in [2.05, 4.69) is 21.3 Å². The molecule has 0 aliphatic carbocycles. The van der Waals surface area contributed by atoms with Crippen molar-refractivity contribution in [2.45, 2.75) is 5.60 Å². The quantitative estimate of drug-likeness (QED) is 0.786. The van der Waals surface area contributed by atoms with Gasteiger partial charge in [0.2, 0.25) is 0 Å². The van der Waals surface area contributed by atoms with Crippen LogP contribution in [-0.2, 0) is 4.74 Å². The Hall–Kier alpha value is -1.13. The van der Waals surface area contributed by atoms with Gasteiger partial charge >= 0.3 is 0 Å². The molecule has 1 aromatic heterocycles. The second kappa shape index (κ2) is 3.71. The van der Waals surface area contributed by atoms with Crippen molar-refractivity contribution in [2.75, 3.05) is 38.2 Å².